The maximum atomic E-state index is 12.7. The predicted molar refractivity (Wildman–Crippen MR) is 69.2 cm³/mol. The van der Waals surface area contributed by atoms with Crippen LogP contribution >= 0.6 is 0 Å². The molecule has 4 nitrogen and oxygen atoms in total. The average molecular weight is 276 g/mol. The Morgan fingerprint density at radius 1 is 1.11 bits per heavy atom. The third-order valence-corrected chi connectivity index (χ3v) is 3.23. The van der Waals surface area contributed by atoms with Gasteiger partial charge >= 0.3 is 6.18 Å². The molecule has 0 saturated carbocycles. The molecule has 0 aromatic carbocycles. The second kappa shape index (κ2) is 5.63. The molecule has 0 atom stereocenters. The maximum Gasteiger partial charge on any atom is 0.451 e. The molecule has 19 heavy (non-hydrogen) atoms. The minimum Gasteiger partial charge on any atom is -0.373 e. The lowest BCUT2D eigenvalue weighted by Crippen LogP contribution is -2.33. The maximum absolute atomic E-state index is 12.7. The summed E-state index contributed by atoms with van der Waals surface area (Å²) in [7, 11) is 1.52. The Morgan fingerprint density at radius 2 is 1.63 bits per heavy atom. The Bertz CT molecular complexity index is 427. The highest BCUT2D eigenvalue weighted by molar-refractivity contribution is 5.48. The van der Waals surface area contributed by atoms with Crippen molar-refractivity contribution in [1.82, 2.24) is 9.97 Å². The first-order valence-electron chi connectivity index (χ1n) is 6.16. The van der Waals surface area contributed by atoms with Gasteiger partial charge < -0.3 is 10.6 Å². The molecule has 0 amide bonds. The van der Waals surface area contributed by atoms with E-state index in [0.29, 0.717) is 0 Å². The van der Waals surface area contributed by atoms with Gasteiger partial charge in [0, 0.05) is 18.7 Å². The quantitative estimate of drug-likeness (QED) is 0.863. The van der Waals surface area contributed by atoms with Crippen LogP contribution in [0, 0.1) is 0 Å². The van der Waals surface area contributed by atoms with Gasteiger partial charge in [-0.3, -0.25) is 0 Å². The fraction of sp³-hybridized carbons (Fsp3) is 0.667. The molecule has 0 radical (unpaired) electrons. The van der Waals surface area contributed by atoms with E-state index < -0.39 is 12.0 Å². The van der Waals surface area contributed by atoms with Crippen LogP contribution in [0.25, 0.3) is 0 Å². The Balaban J connectivity index is 3.14. The summed E-state index contributed by atoms with van der Waals surface area (Å²) >= 11 is 0. The van der Waals surface area contributed by atoms with Gasteiger partial charge in [-0.15, -0.1) is 0 Å². The molecule has 0 fully saturated rings. The number of halogens is 3. The number of hydrogen-bond donors (Lipinski definition) is 2. The Kier molecular flexibility index (Phi) is 4.60. The zero-order valence-electron chi connectivity index (χ0n) is 11.5. The van der Waals surface area contributed by atoms with E-state index in [1.165, 1.54) is 13.1 Å². The molecule has 0 saturated heterocycles. The van der Waals surface area contributed by atoms with Crippen molar-refractivity contribution < 1.29 is 13.2 Å². The molecule has 0 spiro atoms. The number of nitrogens with zero attached hydrogens (tertiary/aromatic N) is 2. The molecular weight excluding hydrogens is 257 g/mol. The van der Waals surface area contributed by atoms with Crippen LogP contribution in [0.2, 0.25) is 0 Å². The summed E-state index contributed by atoms with van der Waals surface area (Å²) in [6.07, 6.45) is -2.99. The van der Waals surface area contributed by atoms with E-state index in [1.807, 2.05) is 20.8 Å². The summed E-state index contributed by atoms with van der Waals surface area (Å²) in [5.41, 5.74) is -0.289. The van der Waals surface area contributed by atoms with Crippen LogP contribution in [0.4, 0.5) is 24.8 Å². The first-order chi connectivity index (χ1) is 8.74. The van der Waals surface area contributed by atoms with E-state index in [4.69, 9.17) is 0 Å². The molecule has 1 aromatic heterocycles. The molecular formula is C12H19F3N4. The number of nitrogens with one attached hydrogen (secondary N) is 2. The van der Waals surface area contributed by atoms with Crippen molar-refractivity contribution in [2.45, 2.75) is 45.3 Å². The molecule has 0 aliphatic heterocycles. The molecule has 2 N–H and O–H groups in total. The lowest BCUT2D eigenvalue weighted by atomic mass is 9.96. The Labute approximate surface area is 110 Å². The first kappa shape index (κ1) is 15.5. The van der Waals surface area contributed by atoms with Crippen LogP contribution in [0.15, 0.2) is 6.07 Å². The molecule has 1 heterocycles. The van der Waals surface area contributed by atoms with E-state index in [-0.39, 0.29) is 17.2 Å². The van der Waals surface area contributed by atoms with Crippen molar-refractivity contribution >= 4 is 11.6 Å². The minimum atomic E-state index is -4.56. The SMILES string of the molecule is CCC(C)(CC)Nc1cc(NC)nc(C(F)(F)F)n1. The fourth-order valence-electron chi connectivity index (χ4n) is 1.50. The standard InChI is InChI=1S/C12H19F3N4/c1-5-11(3,6-2)19-9-7-8(16-4)17-10(18-9)12(13,14)15/h7H,5-6H2,1-4H3,(H2,16,17,18,19). The predicted octanol–water partition coefficient (Wildman–Crippen LogP) is 3.53. The number of aromatic nitrogens is 2. The molecule has 0 bridgehead atoms. The van der Waals surface area contributed by atoms with Crippen LogP contribution in [-0.2, 0) is 6.18 Å². The monoisotopic (exact) mass is 276 g/mol. The first-order valence-corrected chi connectivity index (χ1v) is 6.16. The van der Waals surface area contributed by atoms with Crippen LogP contribution in [-0.4, -0.2) is 22.6 Å². The molecule has 1 aromatic rings. The lowest BCUT2D eigenvalue weighted by molar-refractivity contribution is -0.144. The van der Waals surface area contributed by atoms with Crippen molar-refractivity contribution in [3.05, 3.63) is 11.9 Å². The van der Waals surface area contributed by atoms with E-state index in [9.17, 15) is 13.2 Å². The summed E-state index contributed by atoms with van der Waals surface area (Å²) in [5, 5.41) is 5.66. The Hall–Kier alpha value is -1.53. The second-order valence-corrected chi connectivity index (χ2v) is 4.60. The zero-order chi connectivity index (χ0) is 14.7. The Morgan fingerprint density at radius 3 is 2.05 bits per heavy atom. The van der Waals surface area contributed by atoms with Gasteiger partial charge in [0.15, 0.2) is 0 Å². The van der Waals surface area contributed by atoms with Gasteiger partial charge in [0.1, 0.15) is 11.6 Å². The summed E-state index contributed by atoms with van der Waals surface area (Å²) < 4.78 is 38.1. The van der Waals surface area contributed by atoms with E-state index in [2.05, 4.69) is 20.6 Å². The lowest BCUT2D eigenvalue weighted by Gasteiger charge is -2.29. The van der Waals surface area contributed by atoms with Crippen LogP contribution in [0.1, 0.15) is 39.4 Å². The van der Waals surface area contributed by atoms with Gasteiger partial charge in [-0.1, -0.05) is 13.8 Å². The van der Waals surface area contributed by atoms with Crippen LogP contribution < -0.4 is 10.6 Å². The van der Waals surface area contributed by atoms with Gasteiger partial charge in [-0.05, 0) is 19.8 Å². The third kappa shape index (κ3) is 3.97. The summed E-state index contributed by atoms with van der Waals surface area (Å²) in [4.78, 5) is 6.96. The van der Waals surface area contributed by atoms with Crippen molar-refractivity contribution in [2.24, 2.45) is 0 Å². The topological polar surface area (TPSA) is 49.8 Å². The van der Waals surface area contributed by atoms with Gasteiger partial charge in [-0.2, -0.15) is 13.2 Å². The van der Waals surface area contributed by atoms with E-state index in [0.717, 1.165) is 12.8 Å². The van der Waals surface area contributed by atoms with Gasteiger partial charge in [-0.25, -0.2) is 9.97 Å². The molecule has 0 unspecified atom stereocenters. The second-order valence-electron chi connectivity index (χ2n) is 4.60. The smallest absolute Gasteiger partial charge is 0.373 e. The van der Waals surface area contributed by atoms with Crippen LogP contribution in [0.3, 0.4) is 0 Å². The van der Waals surface area contributed by atoms with Gasteiger partial charge in [0.05, 0.1) is 0 Å². The highest BCUT2D eigenvalue weighted by Gasteiger charge is 2.35. The number of alkyl halides is 3. The fourth-order valence-corrected chi connectivity index (χ4v) is 1.50. The molecule has 1 rings (SSSR count). The summed E-state index contributed by atoms with van der Waals surface area (Å²) in [6, 6.07) is 1.47. The molecule has 0 aliphatic carbocycles. The van der Waals surface area contributed by atoms with Crippen molar-refractivity contribution in [3.63, 3.8) is 0 Å². The summed E-state index contributed by atoms with van der Waals surface area (Å²) in [5.74, 6) is -0.825. The molecule has 7 heteroatoms. The number of rotatable bonds is 5. The van der Waals surface area contributed by atoms with E-state index in [1.54, 1.807) is 0 Å². The molecule has 108 valence electrons. The van der Waals surface area contributed by atoms with Crippen molar-refractivity contribution in [3.8, 4) is 0 Å². The average Bonchev–Trinajstić information content (AvgIpc) is 2.37. The number of anilines is 2. The largest absolute Gasteiger partial charge is 0.451 e. The third-order valence-electron chi connectivity index (χ3n) is 3.23. The normalized spacial score (nSPS) is 12.4. The highest BCUT2D eigenvalue weighted by Crippen LogP contribution is 2.29. The molecule has 0 aliphatic rings. The van der Waals surface area contributed by atoms with Crippen molar-refractivity contribution in [2.75, 3.05) is 17.7 Å². The van der Waals surface area contributed by atoms with Crippen LogP contribution in [0.5, 0.6) is 0 Å². The number of hydrogen-bond acceptors (Lipinski definition) is 4. The summed E-state index contributed by atoms with van der Waals surface area (Å²) in [6.45, 7) is 5.89. The minimum absolute atomic E-state index is 0.138. The van der Waals surface area contributed by atoms with Crippen molar-refractivity contribution in [1.29, 1.82) is 0 Å². The van der Waals surface area contributed by atoms with Gasteiger partial charge in [0.25, 0.3) is 0 Å². The highest BCUT2D eigenvalue weighted by atomic mass is 19.4. The van der Waals surface area contributed by atoms with E-state index >= 15 is 0 Å². The zero-order valence-corrected chi connectivity index (χ0v) is 11.5. The van der Waals surface area contributed by atoms with Gasteiger partial charge in [0.2, 0.25) is 5.82 Å².